The number of halogens is 2. The van der Waals surface area contributed by atoms with Crippen molar-refractivity contribution >= 4 is 25.9 Å². The van der Waals surface area contributed by atoms with E-state index in [2.05, 4.69) is 53.9 Å². The number of methoxy groups -OCH3 is 1. The van der Waals surface area contributed by atoms with E-state index in [-0.39, 0.29) is 34.6 Å². The Morgan fingerprint density at radius 1 is 1.05 bits per heavy atom. The minimum absolute atomic E-state index is 0.0513. The van der Waals surface area contributed by atoms with Gasteiger partial charge in [0.1, 0.15) is 24.1 Å². The highest BCUT2D eigenvalue weighted by atomic mass is 28.4. The van der Waals surface area contributed by atoms with E-state index >= 15 is 0 Å². The van der Waals surface area contributed by atoms with E-state index in [0.717, 1.165) is 6.07 Å². The molecule has 11 heteroatoms. The summed E-state index contributed by atoms with van der Waals surface area (Å²) < 4.78 is 45.2. The Labute approximate surface area is 216 Å². The smallest absolute Gasteiger partial charge is 0.412 e. The maximum atomic E-state index is 14.7. The number of nitrogens with one attached hydrogen (secondary N) is 1. The minimum atomic E-state index is -1.96. The number of hydrogen-bond acceptors (Lipinski definition) is 7. The molecule has 3 aromatic rings. The summed E-state index contributed by atoms with van der Waals surface area (Å²) in [7, 11) is -0.722. The predicted octanol–water partition coefficient (Wildman–Crippen LogP) is 6.25. The van der Waals surface area contributed by atoms with Crippen molar-refractivity contribution in [2.24, 2.45) is 0 Å². The number of pyridine rings is 2. The molecular formula is C26H32F2N4O4Si. The Hall–Kier alpha value is -3.57. The Kier molecular flexibility index (Phi) is 8.49. The molecule has 1 aromatic carbocycles. The van der Waals surface area contributed by atoms with Crippen molar-refractivity contribution in [3.05, 3.63) is 54.2 Å². The van der Waals surface area contributed by atoms with Crippen molar-refractivity contribution in [1.29, 1.82) is 0 Å². The Morgan fingerprint density at radius 2 is 1.78 bits per heavy atom. The van der Waals surface area contributed by atoms with Crippen LogP contribution in [-0.2, 0) is 9.16 Å². The summed E-state index contributed by atoms with van der Waals surface area (Å²) in [5.41, 5.74) is 6.98. The lowest BCUT2D eigenvalue weighted by atomic mass is 10.0. The van der Waals surface area contributed by atoms with E-state index in [0.29, 0.717) is 23.4 Å². The molecule has 0 saturated carbocycles. The fourth-order valence-electron chi connectivity index (χ4n) is 3.14. The average Bonchev–Trinajstić information content (AvgIpc) is 2.83. The lowest BCUT2D eigenvalue weighted by Gasteiger charge is -2.36. The molecule has 2 aromatic heterocycles. The molecule has 198 valence electrons. The first-order chi connectivity index (χ1) is 17.3. The van der Waals surface area contributed by atoms with Gasteiger partial charge in [-0.3, -0.25) is 5.32 Å². The van der Waals surface area contributed by atoms with Crippen molar-refractivity contribution < 1.29 is 27.5 Å². The van der Waals surface area contributed by atoms with E-state index in [9.17, 15) is 13.6 Å². The number of ether oxygens (including phenoxy) is 2. The summed E-state index contributed by atoms with van der Waals surface area (Å²) in [4.78, 5) is 20.2. The van der Waals surface area contributed by atoms with Gasteiger partial charge in [0.05, 0.1) is 25.1 Å². The highest BCUT2D eigenvalue weighted by molar-refractivity contribution is 6.74. The van der Waals surface area contributed by atoms with Gasteiger partial charge in [-0.15, -0.1) is 0 Å². The lowest BCUT2D eigenvalue weighted by Crippen LogP contribution is -2.41. The number of nitrogen functional groups attached to an aromatic ring is 1. The molecule has 2 heterocycles. The van der Waals surface area contributed by atoms with Gasteiger partial charge < -0.3 is 19.6 Å². The van der Waals surface area contributed by atoms with E-state index in [1.165, 1.54) is 19.4 Å². The van der Waals surface area contributed by atoms with Gasteiger partial charge in [-0.05, 0) is 48.0 Å². The van der Waals surface area contributed by atoms with Gasteiger partial charge in [0.15, 0.2) is 8.32 Å². The third-order valence-electron chi connectivity index (χ3n) is 6.27. The first-order valence-electron chi connectivity index (χ1n) is 11.7. The SMILES string of the molecule is COC(=O)Nc1cc(-c2cc(-c3cc(N)c(F)cc3F)cc(OCCO[Si](C)(C)C(C)(C)C)n2)ccn1. The predicted molar refractivity (Wildman–Crippen MR) is 142 cm³/mol. The van der Waals surface area contributed by atoms with Crippen molar-refractivity contribution in [2.45, 2.75) is 38.9 Å². The van der Waals surface area contributed by atoms with Crippen LogP contribution in [0.2, 0.25) is 18.1 Å². The summed E-state index contributed by atoms with van der Waals surface area (Å²) in [6.45, 7) is 11.3. The van der Waals surface area contributed by atoms with Gasteiger partial charge in [-0.2, -0.15) is 0 Å². The van der Waals surface area contributed by atoms with Crippen LogP contribution in [0.5, 0.6) is 5.88 Å². The zero-order valence-corrected chi connectivity index (χ0v) is 22.8. The van der Waals surface area contributed by atoms with E-state index in [4.69, 9.17) is 14.9 Å². The number of aromatic nitrogens is 2. The monoisotopic (exact) mass is 530 g/mol. The molecule has 3 N–H and O–H groups in total. The van der Waals surface area contributed by atoms with Crippen molar-refractivity contribution in [1.82, 2.24) is 9.97 Å². The maximum Gasteiger partial charge on any atom is 0.412 e. The van der Waals surface area contributed by atoms with Gasteiger partial charge in [0.25, 0.3) is 0 Å². The molecule has 37 heavy (non-hydrogen) atoms. The van der Waals surface area contributed by atoms with E-state index in [1.54, 1.807) is 24.3 Å². The number of benzene rings is 1. The summed E-state index contributed by atoms with van der Waals surface area (Å²) in [5, 5.41) is 2.54. The third-order valence-corrected chi connectivity index (χ3v) is 10.8. The van der Waals surface area contributed by atoms with Crippen LogP contribution in [0.4, 0.5) is 25.1 Å². The summed E-state index contributed by atoms with van der Waals surface area (Å²) >= 11 is 0. The third kappa shape index (κ3) is 7.01. The molecule has 0 spiro atoms. The fraction of sp³-hybridized carbons (Fsp3) is 0.346. The van der Waals surface area contributed by atoms with Crippen LogP contribution in [0.15, 0.2) is 42.6 Å². The van der Waals surface area contributed by atoms with E-state index in [1.807, 2.05) is 0 Å². The van der Waals surface area contributed by atoms with E-state index < -0.39 is 26.0 Å². The topological polar surface area (TPSA) is 109 Å². The molecule has 0 aliphatic heterocycles. The number of anilines is 2. The van der Waals surface area contributed by atoms with Gasteiger partial charge in [0, 0.05) is 29.5 Å². The van der Waals surface area contributed by atoms with Gasteiger partial charge >= 0.3 is 6.09 Å². The van der Waals surface area contributed by atoms with Gasteiger partial charge in [-0.1, -0.05) is 20.8 Å². The molecular weight excluding hydrogens is 498 g/mol. The zero-order valence-electron chi connectivity index (χ0n) is 21.8. The number of nitrogens with two attached hydrogens (primary N) is 1. The Bertz CT molecular complexity index is 1280. The fourth-order valence-corrected chi connectivity index (χ4v) is 4.17. The lowest BCUT2D eigenvalue weighted by molar-refractivity contribution is 0.187. The molecule has 8 nitrogen and oxygen atoms in total. The normalized spacial score (nSPS) is 11.8. The second-order valence-electron chi connectivity index (χ2n) is 9.94. The van der Waals surface area contributed by atoms with Crippen LogP contribution in [0.3, 0.4) is 0 Å². The molecule has 0 saturated heterocycles. The highest BCUT2D eigenvalue weighted by Crippen LogP contribution is 2.36. The standard InChI is InChI=1S/C26H32F2N4O4Si/c1-26(2,3)37(5,6)36-10-9-35-24-13-17(18-14-21(29)20(28)15-19(18)27)11-22(31-24)16-7-8-30-23(12-16)32-25(33)34-4/h7-8,11-15H,9-10,29H2,1-6H3,(H,30,32,33). The molecule has 0 aliphatic rings. The quantitative estimate of drug-likeness (QED) is 0.201. The number of hydrogen-bond donors (Lipinski definition) is 2. The number of rotatable bonds is 8. The number of carbonyl (C=O) groups is 1. The first-order valence-corrected chi connectivity index (χ1v) is 14.6. The van der Waals surface area contributed by atoms with Crippen LogP contribution in [0.1, 0.15) is 20.8 Å². The molecule has 0 unspecified atom stereocenters. The molecule has 3 rings (SSSR count). The Balaban J connectivity index is 1.96. The molecule has 0 fully saturated rings. The summed E-state index contributed by atoms with van der Waals surface area (Å²) in [6.07, 6.45) is 0.805. The Morgan fingerprint density at radius 3 is 2.46 bits per heavy atom. The summed E-state index contributed by atoms with van der Waals surface area (Å²) in [6, 6.07) is 8.40. The highest BCUT2D eigenvalue weighted by Gasteiger charge is 2.36. The van der Waals surface area contributed by atoms with Crippen LogP contribution < -0.4 is 15.8 Å². The van der Waals surface area contributed by atoms with Gasteiger partial charge in [-0.25, -0.2) is 23.5 Å². The minimum Gasteiger partial charge on any atom is -0.475 e. The number of amides is 1. The molecule has 0 atom stereocenters. The molecule has 0 bridgehead atoms. The largest absolute Gasteiger partial charge is 0.475 e. The van der Waals surface area contributed by atoms with Crippen LogP contribution in [0.25, 0.3) is 22.4 Å². The van der Waals surface area contributed by atoms with Crippen LogP contribution in [-0.4, -0.2) is 44.7 Å². The molecule has 1 amide bonds. The second kappa shape index (κ2) is 11.2. The number of carbonyl (C=O) groups excluding carboxylic acids is 1. The summed E-state index contributed by atoms with van der Waals surface area (Å²) in [5.74, 6) is -1.17. The van der Waals surface area contributed by atoms with Crippen molar-refractivity contribution in [3.8, 4) is 28.3 Å². The first kappa shape index (κ1) is 28.0. The number of nitrogens with zero attached hydrogens (tertiary/aromatic N) is 2. The molecule has 0 aliphatic carbocycles. The van der Waals surface area contributed by atoms with Crippen LogP contribution in [0, 0.1) is 11.6 Å². The molecule has 0 radical (unpaired) electrons. The average molecular weight is 531 g/mol. The van der Waals surface area contributed by atoms with Crippen molar-refractivity contribution in [3.63, 3.8) is 0 Å². The van der Waals surface area contributed by atoms with Gasteiger partial charge in [0.2, 0.25) is 5.88 Å². The maximum absolute atomic E-state index is 14.7. The van der Waals surface area contributed by atoms with Crippen molar-refractivity contribution in [2.75, 3.05) is 31.4 Å². The van der Waals surface area contributed by atoms with Crippen LogP contribution >= 0.6 is 0 Å². The second-order valence-corrected chi connectivity index (χ2v) is 14.7. The zero-order chi connectivity index (χ0) is 27.4.